The van der Waals surface area contributed by atoms with Gasteiger partial charge in [-0.05, 0) is 30.7 Å². The molecular weight excluding hydrogens is 336 g/mol. The maximum absolute atomic E-state index is 12.2. The van der Waals surface area contributed by atoms with Crippen LogP contribution in [0.3, 0.4) is 0 Å². The summed E-state index contributed by atoms with van der Waals surface area (Å²) in [5.41, 5.74) is 0.574. The lowest BCUT2D eigenvalue weighted by Crippen LogP contribution is -2.36. The van der Waals surface area contributed by atoms with Gasteiger partial charge in [0, 0.05) is 18.3 Å². The van der Waals surface area contributed by atoms with Gasteiger partial charge in [-0.1, -0.05) is 36.0 Å². The molecule has 6 nitrogen and oxygen atoms in total. The minimum absolute atomic E-state index is 0.0471. The van der Waals surface area contributed by atoms with Crippen molar-refractivity contribution in [1.29, 1.82) is 5.26 Å². The Balaban J connectivity index is 1.92. The number of nitrogens with one attached hydrogen (secondary N) is 2. The second-order valence-electron chi connectivity index (χ2n) is 5.06. The zero-order valence-corrected chi connectivity index (χ0v) is 14.3. The molecule has 7 heteroatoms. The molecule has 1 heterocycles. The molecule has 2 aromatic rings. The van der Waals surface area contributed by atoms with Gasteiger partial charge in [0.2, 0.25) is 5.91 Å². The first-order valence-corrected chi connectivity index (χ1v) is 8.64. The minimum atomic E-state index is -0.445. The van der Waals surface area contributed by atoms with E-state index in [1.807, 2.05) is 24.3 Å². The van der Waals surface area contributed by atoms with Crippen molar-refractivity contribution in [3.05, 3.63) is 60.3 Å². The molecule has 2 N–H and O–H groups in total. The van der Waals surface area contributed by atoms with E-state index in [1.165, 1.54) is 11.8 Å². The van der Waals surface area contributed by atoms with Crippen molar-refractivity contribution in [2.24, 2.45) is 0 Å². The fraction of sp³-hybridized carbons (Fsp3) is 0.222. The van der Waals surface area contributed by atoms with E-state index in [1.54, 1.807) is 36.5 Å². The molecule has 0 aliphatic carbocycles. The predicted octanol–water partition coefficient (Wildman–Crippen LogP) is 2.00. The number of hydrogen-bond acceptors (Lipinski definition) is 5. The van der Waals surface area contributed by atoms with Gasteiger partial charge in [-0.15, -0.1) is 0 Å². The van der Waals surface area contributed by atoms with E-state index < -0.39 is 5.25 Å². The fourth-order valence-electron chi connectivity index (χ4n) is 2.05. The second kappa shape index (κ2) is 10.1. The summed E-state index contributed by atoms with van der Waals surface area (Å²) in [5.74, 6) is -0.425. The molecule has 128 valence electrons. The smallest absolute Gasteiger partial charge is 0.251 e. The summed E-state index contributed by atoms with van der Waals surface area (Å²) >= 11 is 1.31. The highest BCUT2D eigenvalue weighted by molar-refractivity contribution is 8.00. The largest absolute Gasteiger partial charge is 0.352 e. The Bertz CT molecular complexity index is 732. The van der Waals surface area contributed by atoms with E-state index in [0.29, 0.717) is 23.6 Å². The van der Waals surface area contributed by atoms with Gasteiger partial charge in [-0.2, -0.15) is 5.26 Å². The van der Waals surface area contributed by atoms with Crippen LogP contribution in [0.4, 0.5) is 0 Å². The van der Waals surface area contributed by atoms with Gasteiger partial charge in [0.05, 0.1) is 16.3 Å². The van der Waals surface area contributed by atoms with E-state index >= 15 is 0 Å². The average Bonchev–Trinajstić information content (AvgIpc) is 2.66. The molecule has 0 saturated heterocycles. The lowest BCUT2D eigenvalue weighted by Gasteiger charge is -2.15. The van der Waals surface area contributed by atoms with Crippen LogP contribution in [0.5, 0.6) is 0 Å². The van der Waals surface area contributed by atoms with Gasteiger partial charge in [-0.3, -0.25) is 9.59 Å². The number of nitriles is 1. The maximum atomic E-state index is 12.2. The molecule has 25 heavy (non-hydrogen) atoms. The molecule has 1 unspecified atom stereocenters. The normalized spacial score (nSPS) is 11.2. The Morgan fingerprint density at radius 2 is 1.88 bits per heavy atom. The number of benzene rings is 1. The van der Waals surface area contributed by atoms with Crippen LogP contribution in [-0.2, 0) is 4.79 Å². The van der Waals surface area contributed by atoms with Gasteiger partial charge in [0.25, 0.3) is 5.91 Å². The molecule has 0 aliphatic heterocycles. The van der Waals surface area contributed by atoms with Gasteiger partial charge in [0.15, 0.2) is 0 Å². The molecule has 0 fully saturated rings. The summed E-state index contributed by atoms with van der Waals surface area (Å²) in [6.07, 6.45) is 2.08. The lowest BCUT2D eigenvalue weighted by molar-refractivity contribution is -0.120. The summed E-state index contributed by atoms with van der Waals surface area (Å²) < 4.78 is 0. The maximum Gasteiger partial charge on any atom is 0.251 e. The zero-order chi connectivity index (χ0) is 17.9. The number of pyridine rings is 1. The van der Waals surface area contributed by atoms with E-state index in [-0.39, 0.29) is 18.4 Å². The number of carbonyl (C=O) groups is 2. The van der Waals surface area contributed by atoms with Crippen molar-refractivity contribution < 1.29 is 9.59 Å². The Labute approximate surface area is 150 Å². The topological polar surface area (TPSA) is 94.9 Å². The lowest BCUT2D eigenvalue weighted by atomic mass is 10.2. The Morgan fingerprint density at radius 1 is 1.12 bits per heavy atom. The van der Waals surface area contributed by atoms with E-state index in [0.717, 1.165) is 0 Å². The highest BCUT2D eigenvalue weighted by atomic mass is 32.2. The monoisotopic (exact) mass is 354 g/mol. The fourth-order valence-corrected chi connectivity index (χ4v) is 3.05. The van der Waals surface area contributed by atoms with Crippen molar-refractivity contribution in [1.82, 2.24) is 15.6 Å². The van der Waals surface area contributed by atoms with E-state index in [4.69, 9.17) is 5.26 Å². The summed E-state index contributed by atoms with van der Waals surface area (Å²) in [6.45, 7) is 0.298. The predicted molar refractivity (Wildman–Crippen MR) is 95.9 cm³/mol. The van der Waals surface area contributed by atoms with Gasteiger partial charge >= 0.3 is 0 Å². The van der Waals surface area contributed by atoms with Crippen LogP contribution in [0.1, 0.15) is 16.8 Å². The molecule has 1 atom stereocenters. The SMILES string of the molecule is N#CCNC(=O)C(CCNC(=O)c1ccccc1)Sc1ccccn1. The highest BCUT2D eigenvalue weighted by Crippen LogP contribution is 2.23. The zero-order valence-electron chi connectivity index (χ0n) is 13.5. The molecule has 0 saturated carbocycles. The number of rotatable bonds is 8. The van der Waals surface area contributed by atoms with Crippen LogP contribution in [0.15, 0.2) is 59.8 Å². The first kappa shape index (κ1) is 18.5. The molecular formula is C18H18N4O2S. The van der Waals surface area contributed by atoms with E-state index in [2.05, 4.69) is 15.6 Å². The third-order valence-electron chi connectivity index (χ3n) is 3.26. The van der Waals surface area contributed by atoms with Crippen LogP contribution in [0.25, 0.3) is 0 Å². The van der Waals surface area contributed by atoms with Crippen molar-refractivity contribution >= 4 is 23.6 Å². The molecule has 2 rings (SSSR count). The number of aromatic nitrogens is 1. The standard InChI is InChI=1S/C18H18N4O2S/c19-10-13-22-18(24)15(25-16-8-4-5-11-20-16)9-12-21-17(23)14-6-2-1-3-7-14/h1-8,11,15H,9,12-13H2,(H,21,23)(H,22,24). The van der Waals surface area contributed by atoms with Crippen molar-refractivity contribution in [2.75, 3.05) is 13.1 Å². The summed E-state index contributed by atoms with van der Waals surface area (Å²) in [6, 6.07) is 16.2. The van der Waals surface area contributed by atoms with Gasteiger partial charge in [-0.25, -0.2) is 4.98 Å². The number of hydrogen-bond donors (Lipinski definition) is 2. The van der Waals surface area contributed by atoms with Gasteiger partial charge < -0.3 is 10.6 Å². The van der Waals surface area contributed by atoms with Crippen LogP contribution in [-0.4, -0.2) is 35.1 Å². The minimum Gasteiger partial charge on any atom is -0.352 e. The third-order valence-corrected chi connectivity index (χ3v) is 4.48. The van der Waals surface area contributed by atoms with E-state index in [9.17, 15) is 9.59 Å². The summed E-state index contributed by atoms with van der Waals surface area (Å²) in [5, 5.41) is 14.3. The average molecular weight is 354 g/mol. The molecule has 1 aromatic heterocycles. The molecule has 2 amide bonds. The van der Waals surface area contributed by atoms with Gasteiger partial charge in [0.1, 0.15) is 6.54 Å². The van der Waals surface area contributed by atoms with Crippen LogP contribution in [0.2, 0.25) is 0 Å². The first-order valence-electron chi connectivity index (χ1n) is 7.76. The molecule has 1 aromatic carbocycles. The van der Waals surface area contributed by atoms with Crippen LogP contribution in [0, 0.1) is 11.3 Å². The van der Waals surface area contributed by atoms with Crippen molar-refractivity contribution in [3.63, 3.8) is 0 Å². The van der Waals surface area contributed by atoms with Crippen molar-refractivity contribution in [3.8, 4) is 6.07 Å². The number of thioether (sulfide) groups is 1. The quantitative estimate of drug-likeness (QED) is 0.558. The second-order valence-corrected chi connectivity index (χ2v) is 6.28. The third kappa shape index (κ3) is 6.28. The first-order chi connectivity index (χ1) is 12.2. The Hall–Kier alpha value is -2.85. The van der Waals surface area contributed by atoms with Crippen LogP contribution < -0.4 is 10.6 Å². The highest BCUT2D eigenvalue weighted by Gasteiger charge is 2.20. The summed E-state index contributed by atoms with van der Waals surface area (Å²) in [4.78, 5) is 28.5. The number of carbonyl (C=O) groups excluding carboxylic acids is 2. The van der Waals surface area contributed by atoms with Crippen molar-refractivity contribution in [2.45, 2.75) is 16.7 Å². The summed E-state index contributed by atoms with van der Waals surface area (Å²) in [7, 11) is 0. The number of nitrogens with zero attached hydrogens (tertiary/aromatic N) is 2. The Morgan fingerprint density at radius 3 is 2.56 bits per heavy atom. The Kier molecular flexibility index (Phi) is 7.47. The number of amides is 2. The molecule has 0 aliphatic rings. The molecule has 0 bridgehead atoms. The molecule has 0 radical (unpaired) electrons. The molecule has 0 spiro atoms. The van der Waals surface area contributed by atoms with Crippen LogP contribution >= 0.6 is 11.8 Å².